The van der Waals surface area contributed by atoms with Crippen molar-refractivity contribution in [2.45, 2.75) is 26.4 Å². The molecule has 1 unspecified atom stereocenters. The van der Waals surface area contributed by atoms with Crippen molar-refractivity contribution in [1.82, 2.24) is 0 Å². The molecule has 88 valence electrons. The zero-order valence-electron chi connectivity index (χ0n) is 9.34. The highest BCUT2D eigenvalue weighted by molar-refractivity contribution is 5.43. The normalized spacial score (nSPS) is 12.2. The molecule has 1 aromatic rings. The van der Waals surface area contributed by atoms with Gasteiger partial charge in [0.05, 0.1) is 17.1 Å². The molecule has 5 heteroatoms. The molecular weight excluding hydrogens is 210 g/mol. The number of hydrogen-bond donors (Lipinski definition) is 1. The van der Waals surface area contributed by atoms with Crippen LogP contribution in [0.2, 0.25) is 0 Å². The highest BCUT2D eigenvalue weighted by Gasteiger charge is 2.10. The van der Waals surface area contributed by atoms with Crippen molar-refractivity contribution >= 4 is 5.69 Å². The Balaban J connectivity index is 2.78. The predicted molar refractivity (Wildman–Crippen MR) is 59.6 cm³/mol. The van der Waals surface area contributed by atoms with Crippen molar-refractivity contribution in [2.75, 3.05) is 6.61 Å². The SMILES string of the molecule is CCC(O)COc1cc([N+](=O)[O-])ccc1C. The Morgan fingerprint density at radius 3 is 2.81 bits per heavy atom. The first kappa shape index (κ1) is 12.4. The third-order valence-electron chi connectivity index (χ3n) is 2.29. The van der Waals surface area contributed by atoms with E-state index in [0.717, 1.165) is 5.56 Å². The second-order valence-electron chi connectivity index (χ2n) is 3.58. The zero-order chi connectivity index (χ0) is 12.1. The molecule has 16 heavy (non-hydrogen) atoms. The predicted octanol–water partition coefficient (Wildman–Crippen LogP) is 2.05. The van der Waals surface area contributed by atoms with E-state index in [-0.39, 0.29) is 12.3 Å². The molecule has 0 fully saturated rings. The monoisotopic (exact) mass is 225 g/mol. The van der Waals surface area contributed by atoms with E-state index in [1.54, 1.807) is 13.0 Å². The van der Waals surface area contributed by atoms with Gasteiger partial charge in [0, 0.05) is 6.07 Å². The Kier molecular flexibility index (Phi) is 4.25. The summed E-state index contributed by atoms with van der Waals surface area (Å²) in [7, 11) is 0. The summed E-state index contributed by atoms with van der Waals surface area (Å²) in [5.74, 6) is 0.446. The highest BCUT2D eigenvalue weighted by atomic mass is 16.6. The van der Waals surface area contributed by atoms with Gasteiger partial charge in [-0.15, -0.1) is 0 Å². The van der Waals surface area contributed by atoms with Crippen LogP contribution < -0.4 is 4.74 Å². The fourth-order valence-corrected chi connectivity index (χ4v) is 1.16. The molecule has 0 saturated carbocycles. The average Bonchev–Trinajstić information content (AvgIpc) is 2.27. The largest absolute Gasteiger partial charge is 0.490 e. The van der Waals surface area contributed by atoms with E-state index in [2.05, 4.69) is 0 Å². The molecule has 1 N–H and O–H groups in total. The number of ether oxygens (including phenoxy) is 1. The highest BCUT2D eigenvalue weighted by Crippen LogP contribution is 2.24. The maximum atomic E-state index is 10.6. The lowest BCUT2D eigenvalue weighted by Crippen LogP contribution is -2.16. The van der Waals surface area contributed by atoms with Crippen LogP contribution in [-0.2, 0) is 0 Å². The van der Waals surface area contributed by atoms with Gasteiger partial charge in [-0.3, -0.25) is 10.1 Å². The van der Waals surface area contributed by atoms with Gasteiger partial charge in [0.2, 0.25) is 0 Å². The number of nitro groups is 1. The van der Waals surface area contributed by atoms with Crippen molar-refractivity contribution < 1.29 is 14.8 Å². The summed E-state index contributed by atoms with van der Waals surface area (Å²) in [6.07, 6.45) is 0.0483. The van der Waals surface area contributed by atoms with Crippen molar-refractivity contribution in [2.24, 2.45) is 0 Å². The quantitative estimate of drug-likeness (QED) is 0.614. The first-order valence-electron chi connectivity index (χ1n) is 5.10. The minimum absolute atomic E-state index is 0.00779. The van der Waals surface area contributed by atoms with Crippen LogP contribution in [0.3, 0.4) is 0 Å². The maximum Gasteiger partial charge on any atom is 0.273 e. The molecule has 0 bridgehead atoms. The molecule has 0 saturated heterocycles. The van der Waals surface area contributed by atoms with Crippen molar-refractivity contribution in [3.8, 4) is 5.75 Å². The number of benzene rings is 1. The van der Waals surface area contributed by atoms with E-state index in [4.69, 9.17) is 4.74 Å². The third-order valence-corrected chi connectivity index (χ3v) is 2.29. The van der Waals surface area contributed by atoms with E-state index >= 15 is 0 Å². The summed E-state index contributed by atoms with van der Waals surface area (Å²) in [4.78, 5) is 10.1. The van der Waals surface area contributed by atoms with Gasteiger partial charge in [0.15, 0.2) is 0 Å². The molecule has 0 aromatic heterocycles. The van der Waals surface area contributed by atoms with Crippen LogP contribution in [0, 0.1) is 17.0 Å². The zero-order valence-corrected chi connectivity index (χ0v) is 9.34. The second-order valence-corrected chi connectivity index (χ2v) is 3.58. The van der Waals surface area contributed by atoms with Crippen LogP contribution >= 0.6 is 0 Å². The first-order valence-corrected chi connectivity index (χ1v) is 5.10. The van der Waals surface area contributed by atoms with E-state index in [1.165, 1.54) is 12.1 Å². The van der Waals surface area contributed by atoms with E-state index in [0.29, 0.717) is 12.2 Å². The summed E-state index contributed by atoms with van der Waals surface area (Å²) >= 11 is 0. The van der Waals surface area contributed by atoms with Gasteiger partial charge in [0.25, 0.3) is 5.69 Å². The summed E-state index contributed by atoms with van der Waals surface area (Å²) in [6, 6.07) is 4.43. The van der Waals surface area contributed by atoms with Gasteiger partial charge >= 0.3 is 0 Å². The number of nitro benzene ring substituents is 1. The summed E-state index contributed by atoms with van der Waals surface area (Å²) in [5.41, 5.74) is 0.806. The number of aliphatic hydroxyl groups excluding tert-OH is 1. The van der Waals surface area contributed by atoms with Crippen molar-refractivity contribution in [3.05, 3.63) is 33.9 Å². The minimum atomic E-state index is -0.543. The molecule has 1 rings (SSSR count). The van der Waals surface area contributed by atoms with Gasteiger partial charge in [-0.2, -0.15) is 0 Å². The smallest absolute Gasteiger partial charge is 0.273 e. The standard InChI is InChI=1S/C11H15NO4/c1-3-10(13)7-16-11-6-9(12(14)15)5-4-8(11)2/h4-6,10,13H,3,7H2,1-2H3. The summed E-state index contributed by atoms with van der Waals surface area (Å²) < 4.78 is 5.33. The summed E-state index contributed by atoms with van der Waals surface area (Å²) in [6.45, 7) is 3.80. The third kappa shape index (κ3) is 3.20. The van der Waals surface area contributed by atoms with E-state index < -0.39 is 11.0 Å². The van der Waals surface area contributed by atoms with Crippen LogP contribution in [0.5, 0.6) is 5.75 Å². The summed E-state index contributed by atoms with van der Waals surface area (Å²) in [5, 5.41) is 19.9. The molecule has 5 nitrogen and oxygen atoms in total. The van der Waals surface area contributed by atoms with Crippen molar-refractivity contribution in [1.29, 1.82) is 0 Å². The Hall–Kier alpha value is -1.62. The van der Waals surface area contributed by atoms with Gasteiger partial charge in [-0.1, -0.05) is 6.92 Å². The Morgan fingerprint density at radius 2 is 2.25 bits per heavy atom. The van der Waals surface area contributed by atoms with Crippen LogP contribution in [0.1, 0.15) is 18.9 Å². The lowest BCUT2D eigenvalue weighted by Gasteiger charge is -2.11. The van der Waals surface area contributed by atoms with Crippen LogP contribution in [0.25, 0.3) is 0 Å². The Labute approximate surface area is 93.8 Å². The number of aryl methyl sites for hydroxylation is 1. The molecule has 1 atom stereocenters. The fraction of sp³-hybridized carbons (Fsp3) is 0.455. The first-order chi connectivity index (χ1) is 7.54. The van der Waals surface area contributed by atoms with Gasteiger partial charge in [-0.05, 0) is 25.0 Å². The topological polar surface area (TPSA) is 72.6 Å². The number of aliphatic hydroxyl groups is 1. The minimum Gasteiger partial charge on any atom is -0.490 e. The Morgan fingerprint density at radius 1 is 1.56 bits per heavy atom. The van der Waals surface area contributed by atoms with Crippen LogP contribution in [0.4, 0.5) is 5.69 Å². The Bertz CT molecular complexity index is 378. The molecule has 0 aliphatic rings. The fourth-order valence-electron chi connectivity index (χ4n) is 1.16. The van der Waals surface area contributed by atoms with Gasteiger partial charge < -0.3 is 9.84 Å². The van der Waals surface area contributed by atoms with Crippen LogP contribution in [-0.4, -0.2) is 22.7 Å². The van der Waals surface area contributed by atoms with E-state index in [1.807, 2.05) is 6.92 Å². The molecular formula is C11H15NO4. The van der Waals surface area contributed by atoms with Gasteiger partial charge in [-0.25, -0.2) is 0 Å². The lowest BCUT2D eigenvalue weighted by molar-refractivity contribution is -0.385. The molecule has 0 aliphatic carbocycles. The number of hydrogen-bond acceptors (Lipinski definition) is 4. The van der Waals surface area contributed by atoms with Gasteiger partial charge in [0.1, 0.15) is 12.4 Å². The van der Waals surface area contributed by atoms with Crippen molar-refractivity contribution in [3.63, 3.8) is 0 Å². The van der Waals surface area contributed by atoms with Crippen LogP contribution in [0.15, 0.2) is 18.2 Å². The molecule has 0 aliphatic heterocycles. The molecule has 0 radical (unpaired) electrons. The number of rotatable bonds is 5. The maximum absolute atomic E-state index is 10.6. The second kappa shape index (κ2) is 5.46. The molecule has 0 spiro atoms. The lowest BCUT2D eigenvalue weighted by atomic mass is 10.2. The number of non-ortho nitro benzene ring substituents is 1. The average molecular weight is 225 g/mol. The van der Waals surface area contributed by atoms with E-state index in [9.17, 15) is 15.2 Å². The molecule has 0 amide bonds. The number of nitrogens with zero attached hydrogens (tertiary/aromatic N) is 1. The molecule has 0 heterocycles. The molecule has 1 aromatic carbocycles.